The molecule has 1 aromatic carbocycles. The second kappa shape index (κ2) is 6.62. The molecule has 0 spiro atoms. The van der Waals surface area contributed by atoms with Crippen LogP contribution in [0.5, 0.6) is 0 Å². The molecular weight excluding hydrogens is 342 g/mol. The molecule has 0 saturated carbocycles. The summed E-state index contributed by atoms with van der Waals surface area (Å²) < 4.78 is 28.5. The van der Waals surface area contributed by atoms with Crippen molar-refractivity contribution >= 4 is 11.2 Å². The Morgan fingerprint density at radius 2 is 1.92 bits per heavy atom. The molecule has 0 amide bonds. The summed E-state index contributed by atoms with van der Waals surface area (Å²) in [6.45, 7) is 2.46. The number of β-amino-alcohol motifs (C(OH)–C–C–N with tert-alkyl or cyclic N) is 1. The van der Waals surface area contributed by atoms with Crippen LogP contribution >= 0.6 is 0 Å². The first kappa shape index (κ1) is 16.9. The summed E-state index contributed by atoms with van der Waals surface area (Å²) >= 11 is 0. The lowest BCUT2D eigenvalue weighted by Crippen LogP contribution is -2.29. The zero-order valence-electron chi connectivity index (χ0n) is 14.0. The molecule has 2 N–H and O–H groups in total. The summed E-state index contributed by atoms with van der Waals surface area (Å²) in [5, 5.41) is 9.60. The maximum Gasteiger partial charge on any atom is 0.327 e. The molecule has 0 radical (unpaired) electrons. The number of imidazole rings is 1. The Morgan fingerprint density at radius 3 is 2.62 bits per heavy atom. The third kappa shape index (κ3) is 3.25. The van der Waals surface area contributed by atoms with E-state index in [4.69, 9.17) is 0 Å². The number of aromatic amines is 1. The highest BCUT2D eigenvalue weighted by Crippen LogP contribution is 2.23. The van der Waals surface area contributed by atoms with E-state index in [1.54, 1.807) is 10.6 Å². The first-order valence-electron chi connectivity index (χ1n) is 8.45. The van der Waals surface area contributed by atoms with Gasteiger partial charge < -0.3 is 5.11 Å². The summed E-state index contributed by atoms with van der Waals surface area (Å²) in [5.74, 6) is -1.33. The second-order valence-corrected chi connectivity index (χ2v) is 6.57. The number of hydrogen-bond donors (Lipinski definition) is 2. The van der Waals surface area contributed by atoms with E-state index in [0.717, 1.165) is 19.0 Å². The normalized spacial score (nSPS) is 18.0. The zero-order chi connectivity index (χ0) is 18.3. The van der Waals surface area contributed by atoms with E-state index >= 15 is 0 Å². The number of halogens is 2. The minimum atomic E-state index is -0.667. The summed E-state index contributed by atoms with van der Waals surface area (Å²) in [6, 6.07) is 4.97. The SMILES string of the molecule is O=c1[nH]c2ncc(-c3cc(F)cc(F)c3)cc2n1CCN1CCC(O)C1. The van der Waals surface area contributed by atoms with Gasteiger partial charge in [0.05, 0.1) is 11.6 Å². The molecular formula is C18H18F2N4O2. The minimum Gasteiger partial charge on any atom is -0.392 e. The van der Waals surface area contributed by atoms with Gasteiger partial charge in [-0.3, -0.25) is 14.5 Å². The molecule has 2 aromatic heterocycles. The highest BCUT2D eigenvalue weighted by Gasteiger charge is 2.20. The van der Waals surface area contributed by atoms with Crippen LogP contribution in [0.15, 0.2) is 35.3 Å². The lowest BCUT2D eigenvalue weighted by Gasteiger charge is -2.15. The van der Waals surface area contributed by atoms with Crippen LogP contribution in [0.25, 0.3) is 22.3 Å². The van der Waals surface area contributed by atoms with Crippen molar-refractivity contribution in [1.29, 1.82) is 0 Å². The predicted octanol–water partition coefficient (Wildman–Crippen LogP) is 1.74. The summed E-state index contributed by atoms with van der Waals surface area (Å²) in [4.78, 5) is 21.2. The lowest BCUT2D eigenvalue weighted by molar-refractivity contribution is 0.175. The minimum absolute atomic E-state index is 0.283. The van der Waals surface area contributed by atoms with Crippen LogP contribution in [0.2, 0.25) is 0 Å². The molecule has 4 rings (SSSR count). The monoisotopic (exact) mass is 360 g/mol. The van der Waals surface area contributed by atoms with E-state index < -0.39 is 11.6 Å². The van der Waals surface area contributed by atoms with Gasteiger partial charge in [0.25, 0.3) is 0 Å². The average Bonchev–Trinajstić information content (AvgIpc) is 3.14. The van der Waals surface area contributed by atoms with E-state index in [0.29, 0.717) is 41.9 Å². The number of nitrogens with zero attached hydrogens (tertiary/aromatic N) is 3. The lowest BCUT2D eigenvalue weighted by atomic mass is 10.1. The van der Waals surface area contributed by atoms with Crippen molar-refractivity contribution in [3.63, 3.8) is 0 Å². The fourth-order valence-electron chi connectivity index (χ4n) is 3.39. The van der Waals surface area contributed by atoms with Crippen molar-refractivity contribution in [2.45, 2.75) is 19.1 Å². The van der Waals surface area contributed by atoms with Crippen LogP contribution in [0, 0.1) is 11.6 Å². The first-order valence-corrected chi connectivity index (χ1v) is 8.45. The van der Waals surface area contributed by atoms with Gasteiger partial charge >= 0.3 is 5.69 Å². The molecule has 1 saturated heterocycles. The van der Waals surface area contributed by atoms with Gasteiger partial charge in [0, 0.05) is 44.0 Å². The number of benzene rings is 1. The molecule has 1 aliphatic heterocycles. The van der Waals surface area contributed by atoms with Crippen molar-refractivity contribution in [3.05, 3.63) is 52.6 Å². The number of hydrogen-bond acceptors (Lipinski definition) is 4. The summed E-state index contributed by atoms with van der Waals surface area (Å²) in [5.41, 5.74) is 1.61. The molecule has 1 aliphatic rings. The molecule has 136 valence electrons. The summed E-state index contributed by atoms with van der Waals surface area (Å²) in [7, 11) is 0. The molecule has 1 fully saturated rings. The Kier molecular flexibility index (Phi) is 4.29. The standard InChI is InChI=1S/C18H18F2N4O2/c19-13-5-11(6-14(20)8-13)12-7-16-17(21-9-12)22-18(26)24(16)4-3-23-2-1-15(25)10-23/h5-9,15,25H,1-4,10H2,(H,21,22,26). The number of likely N-dealkylation sites (tertiary alicyclic amines) is 1. The van der Waals surface area contributed by atoms with Crippen molar-refractivity contribution in [3.8, 4) is 11.1 Å². The Bertz CT molecular complexity index is 994. The van der Waals surface area contributed by atoms with E-state index in [9.17, 15) is 18.7 Å². The molecule has 6 nitrogen and oxygen atoms in total. The number of pyridine rings is 1. The Labute approximate surface area is 147 Å². The molecule has 1 atom stereocenters. The van der Waals surface area contributed by atoms with Crippen LogP contribution < -0.4 is 5.69 Å². The number of aromatic nitrogens is 3. The number of nitrogens with one attached hydrogen (secondary N) is 1. The van der Waals surface area contributed by atoms with Crippen molar-refractivity contribution in [2.75, 3.05) is 19.6 Å². The van der Waals surface area contributed by atoms with E-state index in [-0.39, 0.29) is 11.8 Å². The number of rotatable bonds is 4. The molecule has 3 aromatic rings. The van der Waals surface area contributed by atoms with Crippen LogP contribution in [-0.4, -0.2) is 50.3 Å². The largest absolute Gasteiger partial charge is 0.392 e. The predicted molar refractivity (Wildman–Crippen MR) is 92.8 cm³/mol. The van der Waals surface area contributed by atoms with Gasteiger partial charge in [-0.2, -0.15) is 0 Å². The van der Waals surface area contributed by atoms with Crippen molar-refractivity contribution in [2.24, 2.45) is 0 Å². The van der Waals surface area contributed by atoms with Crippen molar-refractivity contribution < 1.29 is 13.9 Å². The van der Waals surface area contributed by atoms with Crippen LogP contribution in [0.4, 0.5) is 8.78 Å². The van der Waals surface area contributed by atoms with Gasteiger partial charge in [-0.1, -0.05) is 0 Å². The van der Waals surface area contributed by atoms with Crippen LogP contribution in [0.3, 0.4) is 0 Å². The van der Waals surface area contributed by atoms with E-state index in [1.165, 1.54) is 18.3 Å². The smallest absolute Gasteiger partial charge is 0.327 e. The molecule has 26 heavy (non-hydrogen) atoms. The molecule has 0 bridgehead atoms. The van der Waals surface area contributed by atoms with E-state index in [1.807, 2.05) is 0 Å². The second-order valence-electron chi connectivity index (χ2n) is 6.57. The van der Waals surface area contributed by atoms with Crippen LogP contribution in [-0.2, 0) is 6.54 Å². The maximum absolute atomic E-state index is 13.5. The van der Waals surface area contributed by atoms with Gasteiger partial charge in [-0.25, -0.2) is 18.6 Å². The third-order valence-corrected chi connectivity index (χ3v) is 4.71. The van der Waals surface area contributed by atoms with Gasteiger partial charge in [-0.05, 0) is 30.2 Å². The summed E-state index contributed by atoms with van der Waals surface area (Å²) in [6.07, 6.45) is 1.90. The highest BCUT2D eigenvalue weighted by atomic mass is 19.1. The number of aliphatic hydroxyl groups is 1. The van der Waals surface area contributed by atoms with Crippen molar-refractivity contribution in [1.82, 2.24) is 19.4 Å². The highest BCUT2D eigenvalue weighted by molar-refractivity contribution is 5.78. The Balaban J connectivity index is 1.67. The van der Waals surface area contributed by atoms with Gasteiger partial charge in [0.1, 0.15) is 11.6 Å². The van der Waals surface area contributed by atoms with E-state index in [2.05, 4.69) is 14.9 Å². The maximum atomic E-state index is 13.5. The van der Waals surface area contributed by atoms with Gasteiger partial charge in [0.2, 0.25) is 0 Å². The fourth-order valence-corrected chi connectivity index (χ4v) is 3.39. The van der Waals surface area contributed by atoms with Crippen LogP contribution in [0.1, 0.15) is 6.42 Å². The quantitative estimate of drug-likeness (QED) is 0.743. The van der Waals surface area contributed by atoms with Gasteiger partial charge in [0.15, 0.2) is 5.65 Å². The average molecular weight is 360 g/mol. The molecule has 0 aliphatic carbocycles. The number of H-pyrrole nitrogens is 1. The third-order valence-electron chi connectivity index (χ3n) is 4.71. The molecule has 3 heterocycles. The Morgan fingerprint density at radius 1 is 1.15 bits per heavy atom. The topological polar surface area (TPSA) is 74.2 Å². The molecule has 1 unspecified atom stereocenters. The fraction of sp³-hybridized carbons (Fsp3) is 0.333. The van der Waals surface area contributed by atoms with Gasteiger partial charge in [-0.15, -0.1) is 0 Å². The zero-order valence-corrected chi connectivity index (χ0v) is 14.0. The molecule has 8 heteroatoms. The Hall–Kier alpha value is -2.58. The number of aliphatic hydroxyl groups excluding tert-OH is 1. The first-order chi connectivity index (χ1) is 12.5. The number of fused-ring (bicyclic) bond motifs is 1.